The van der Waals surface area contributed by atoms with E-state index in [-0.39, 0.29) is 23.9 Å². The molecule has 0 bridgehead atoms. The summed E-state index contributed by atoms with van der Waals surface area (Å²) in [7, 11) is 0. The molecule has 216 valence electrons. The number of nitrogens with one attached hydrogen (secondary N) is 3. The van der Waals surface area contributed by atoms with Crippen LogP contribution in [0.15, 0.2) is 97.1 Å². The summed E-state index contributed by atoms with van der Waals surface area (Å²) in [4.78, 5) is 37.9. The van der Waals surface area contributed by atoms with Crippen LogP contribution in [0.5, 0.6) is 0 Å². The second kappa shape index (κ2) is 13.6. The topological polar surface area (TPSA) is 87.3 Å². The maximum Gasteiger partial charge on any atom is 0.416 e. The fraction of sp³-hybridized carbons (Fsp3) is 0.182. The Hall–Kier alpha value is -4.92. The lowest BCUT2D eigenvalue weighted by Gasteiger charge is -2.13. The summed E-state index contributed by atoms with van der Waals surface area (Å²) >= 11 is 0. The van der Waals surface area contributed by atoms with Gasteiger partial charge in [-0.05, 0) is 71.6 Å². The molecule has 0 radical (unpaired) electrons. The molecule has 9 heteroatoms. The van der Waals surface area contributed by atoms with Gasteiger partial charge in [-0.3, -0.25) is 14.4 Å². The van der Waals surface area contributed by atoms with Crippen molar-refractivity contribution in [2.45, 2.75) is 38.9 Å². The molecular weight excluding hydrogens is 543 g/mol. The fourth-order valence-corrected chi connectivity index (χ4v) is 4.26. The first-order valence-electron chi connectivity index (χ1n) is 13.5. The molecule has 0 saturated carbocycles. The first-order chi connectivity index (χ1) is 20.1. The van der Waals surface area contributed by atoms with Crippen molar-refractivity contribution in [2.75, 3.05) is 10.6 Å². The van der Waals surface area contributed by atoms with Gasteiger partial charge in [-0.25, -0.2) is 0 Å². The summed E-state index contributed by atoms with van der Waals surface area (Å²) in [5.41, 5.74) is 2.71. The average Bonchev–Trinajstić information content (AvgIpc) is 2.99. The minimum atomic E-state index is -4.45. The predicted octanol–water partition coefficient (Wildman–Crippen LogP) is 7.68. The Kier molecular flexibility index (Phi) is 9.75. The van der Waals surface area contributed by atoms with E-state index in [1.165, 1.54) is 12.1 Å². The quantitative estimate of drug-likeness (QED) is 0.182. The number of alkyl halides is 3. The number of amides is 3. The van der Waals surface area contributed by atoms with Crippen molar-refractivity contribution >= 4 is 29.1 Å². The predicted molar refractivity (Wildman–Crippen MR) is 157 cm³/mol. The van der Waals surface area contributed by atoms with Gasteiger partial charge in [-0.1, -0.05) is 61.9 Å². The van der Waals surface area contributed by atoms with E-state index in [1.54, 1.807) is 60.7 Å². The van der Waals surface area contributed by atoms with Crippen molar-refractivity contribution in [3.8, 4) is 11.1 Å². The molecule has 0 heterocycles. The molecule has 0 spiro atoms. The van der Waals surface area contributed by atoms with Crippen LogP contribution < -0.4 is 16.0 Å². The largest absolute Gasteiger partial charge is 0.416 e. The van der Waals surface area contributed by atoms with Crippen LogP contribution in [0, 0.1) is 0 Å². The van der Waals surface area contributed by atoms with E-state index >= 15 is 0 Å². The number of carbonyl (C=O) groups excluding carboxylic acids is 3. The average molecular weight is 574 g/mol. The molecule has 0 aliphatic rings. The summed E-state index contributed by atoms with van der Waals surface area (Å²) in [6, 6.07) is 24.9. The van der Waals surface area contributed by atoms with Crippen LogP contribution in [0.25, 0.3) is 11.1 Å². The second-order valence-electron chi connectivity index (χ2n) is 9.69. The van der Waals surface area contributed by atoms with E-state index in [0.717, 1.165) is 30.5 Å². The first-order valence-corrected chi connectivity index (χ1v) is 13.5. The normalized spacial score (nSPS) is 11.0. The number of halogens is 3. The summed E-state index contributed by atoms with van der Waals surface area (Å²) in [6.07, 6.45) is -2.21. The van der Waals surface area contributed by atoms with E-state index in [2.05, 4.69) is 16.0 Å². The Balaban J connectivity index is 1.38. The Morgan fingerprint density at radius 1 is 0.738 bits per heavy atom. The van der Waals surface area contributed by atoms with Gasteiger partial charge in [0, 0.05) is 35.5 Å². The molecule has 3 N–H and O–H groups in total. The van der Waals surface area contributed by atoms with Gasteiger partial charge in [-0.15, -0.1) is 0 Å². The molecule has 4 aromatic rings. The van der Waals surface area contributed by atoms with Gasteiger partial charge in [-0.2, -0.15) is 13.2 Å². The molecule has 0 aliphatic carbocycles. The Morgan fingerprint density at radius 2 is 1.45 bits per heavy atom. The zero-order valence-electron chi connectivity index (χ0n) is 22.9. The number of hydrogen-bond donors (Lipinski definition) is 3. The van der Waals surface area contributed by atoms with Crippen molar-refractivity contribution in [1.82, 2.24) is 5.32 Å². The van der Waals surface area contributed by atoms with Gasteiger partial charge >= 0.3 is 6.18 Å². The molecule has 0 fully saturated rings. The van der Waals surface area contributed by atoms with Gasteiger partial charge in [0.25, 0.3) is 11.8 Å². The SMILES string of the molecule is CCCCC(=O)Nc1ccc(CNC(=O)c2cccc(NC(=O)c3ccccc3-c3ccc(C(F)(F)F)cc3)c2)cc1. The lowest BCUT2D eigenvalue weighted by molar-refractivity contribution is -0.137. The molecule has 6 nitrogen and oxygen atoms in total. The van der Waals surface area contributed by atoms with Crippen molar-refractivity contribution in [3.63, 3.8) is 0 Å². The monoisotopic (exact) mass is 573 g/mol. The molecule has 0 unspecified atom stereocenters. The maximum absolute atomic E-state index is 13.2. The van der Waals surface area contributed by atoms with Gasteiger partial charge < -0.3 is 16.0 Å². The van der Waals surface area contributed by atoms with Gasteiger partial charge in [0.15, 0.2) is 0 Å². The molecule has 42 heavy (non-hydrogen) atoms. The zero-order valence-corrected chi connectivity index (χ0v) is 22.9. The fourth-order valence-electron chi connectivity index (χ4n) is 4.26. The minimum absolute atomic E-state index is 0.0343. The molecule has 0 saturated heterocycles. The van der Waals surface area contributed by atoms with Gasteiger partial charge in [0.2, 0.25) is 5.91 Å². The molecule has 4 rings (SSSR count). The third-order valence-corrected chi connectivity index (χ3v) is 6.53. The highest BCUT2D eigenvalue weighted by atomic mass is 19.4. The first kappa shape index (κ1) is 30.0. The van der Waals surface area contributed by atoms with Crippen molar-refractivity contribution in [1.29, 1.82) is 0 Å². The van der Waals surface area contributed by atoms with Crippen LogP contribution in [0.2, 0.25) is 0 Å². The molecule has 4 aromatic carbocycles. The summed E-state index contributed by atoms with van der Waals surface area (Å²) in [5.74, 6) is -0.842. The molecule has 0 aliphatic heterocycles. The number of rotatable bonds is 10. The molecule has 0 atom stereocenters. The highest BCUT2D eigenvalue weighted by molar-refractivity contribution is 6.09. The summed E-state index contributed by atoms with van der Waals surface area (Å²) < 4.78 is 38.9. The van der Waals surface area contributed by atoms with Crippen LogP contribution in [-0.4, -0.2) is 17.7 Å². The molecule has 3 amide bonds. The van der Waals surface area contributed by atoms with E-state index < -0.39 is 17.6 Å². The van der Waals surface area contributed by atoms with Crippen LogP contribution in [0.1, 0.15) is 58.0 Å². The number of anilines is 2. The highest BCUT2D eigenvalue weighted by Gasteiger charge is 2.30. The third-order valence-electron chi connectivity index (χ3n) is 6.53. The van der Waals surface area contributed by atoms with E-state index in [1.807, 2.05) is 19.1 Å². The smallest absolute Gasteiger partial charge is 0.348 e. The van der Waals surface area contributed by atoms with Gasteiger partial charge in [0.05, 0.1) is 5.56 Å². The Bertz CT molecular complexity index is 1550. The summed E-state index contributed by atoms with van der Waals surface area (Å²) in [6.45, 7) is 2.29. The standard InChI is InChI=1S/C33H30F3N3O3/c1-2-3-11-30(40)38-26-18-12-22(13-19-26)21-37-31(41)24-7-6-8-27(20-24)39-32(42)29-10-5-4-9-28(29)23-14-16-25(17-15-23)33(34,35)36/h4-10,12-20H,2-3,11,21H2,1H3,(H,37,41)(H,38,40)(H,39,42). The molecular formula is C33H30F3N3O3. The van der Waals surface area contributed by atoms with Crippen LogP contribution >= 0.6 is 0 Å². The zero-order chi connectivity index (χ0) is 30.1. The summed E-state index contributed by atoms with van der Waals surface area (Å²) in [5, 5.41) is 8.46. The van der Waals surface area contributed by atoms with E-state index in [0.29, 0.717) is 34.5 Å². The van der Waals surface area contributed by atoms with E-state index in [4.69, 9.17) is 0 Å². The van der Waals surface area contributed by atoms with Crippen molar-refractivity contribution in [2.24, 2.45) is 0 Å². The number of carbonyl (C=O) groups is 3. The Morgan fingerprint density at radius 3 is 2.14 bits per heavy atom. The van der Waals surface area contributed by atoms with Crippen molar-refractivity contribution < 1.29 is 27.6 Å². The lowest BCUT2D eigenvalue weighted by atomic mass is 9.98. The maximum atomic E-state index is 13.2. The number of hydrogen-bond acceptors (Lipinski definition) is 3. The third kappa shape index (κ3) is 8.06. The van der Waals surface area contributed by atoms with Crippen molar-refractivity contribution in [3.05, 3.63) is 119 Å². The highest BCUT2D eigenvalue weighted by Crippen LogP contribution is 2.32. The van der Waals surface area contributed by atoms with E-state index in [9.17, 15) is 27.6 Å². The van der Waals surface area contributed by atoms with Crippen LogP contribution in [0.3, 0.4) is 0 Å². The number of unbranched alkanes of at least 4 members (excludes halogenated alkanes) is 1. The number of benzene rings is 4. The minimum Gasteiger partial charge on any atom is -0.348 e. The Labute approximate surface area is 242 Å². The van der Waals surface area contributed by atoms with Crippen LogP contribution in [0.4, 0.5) is 24.5 Å². The molecule has 0 aromatic heterocycles. The lowest BCUT2D eigenvalue weighted by Crippen LogP contribution is -2.23. The van der Waals surface area contributed by atoms with Crippen LogP contribution in [-0.2, 0) is 17.5 Å². The van der Waals surface area contributed by atoms with Gasteiger partial charge in [0.1, 0.15) is 0 Å². The second-order valence-corrected chi connectivity index (χ2v) is 9.69.